The molecule has 0 saturated heterocycles. The van der Waals surface area contributed by atoms with Crippen LogP contribution < -0.4 is 11.1 Å². The van der Waals surface area contributed by atoms with Gasteiger partial charge in [0.2, 0.25) is 0 Å². The van der Waals surface area contributed by atoms with E-state index in [0.717, 1.165) is 38.8 Å². The Morgan fingerprint density at radius 3 is 3.06 bits per heavy atom. The lowest BCUT2D eigenvalue weighted by molar-refractivity contribution is 0.474. The van der Waals surface area contributed by atoms with E-state index in [1.807, 2.05) is 12.1 Å². The fourth-order valence-electron chi connectivity index (χ4n) is 2.36. The monoisotopic (exact) mass is 220 g/mol. The van der Waals surface area contributed by atoms with Gasteiger partial charge in [0.25, 0.3) is 0 Å². The Morgan fingerprint density at radius 1 is 1.38 bits per heavy atom. The smallest absolute Gasteiger partial charge is 0.115 e. The summed E-state index contributed by atoms with van der Waals surface area (Å²) in [6.45, 7) is 1.80. The third-order valence-corrected chi connectivity index (χ3v) is 3.23. The Hall–Kier alpha value is -1.06. The van der Waals surface area contributed by atoms with Gasteiger partial charge in [0, 0.05) is 6.04 Å². The summed E-state index contributed by atoms with van der Waals surface area (Å²) in [5, 5.41) is 12.9. The van der Waals surface area contributed by atoms with Crippen molar-refractivity contribution in [3.05, 3.63) is 29.3 Å². The van der Waals surface area contributed by atoms with E-state index < -0.39 is 0 Å². The molecular formula is C13H20N2O. The van der Waals surface area contributed by atoms with Crippen molar-refractivity contribution in [3.8, 4) is 5.75 Å². The van der Waals surface area contributed by atoms with E-state index in [2.05, 4.69) is 5.32 Å². The van der Waals surface area contributed by atoms with Gasteiger partial charge in [0.15, 0.2) is 0 Å². The molecule has 1 aliphatic rings. The third-order valence-electron chi connectivity index (χ3n) is 3.23. The van der Waals surface area contributed by atoms with Gasteiger partial charge in [-0.25, -0.2) is 0 Å². The molecule has 4 N–H and O–H groups in total. The van der Waals surface area contributed by atoms with Crippen LogP contribution in [0.25, 0.3) is 0 Å². The molecule has 3 heteroatoms. The number of phenolic OH excluding ortho intramolecular Hbond substituents is 1. The number of hydrogen-bond acceptors (Lipinski definition) is 3. The van der Waals surface area contributed by atoms with Gasteiger partial charge in [0.1, 0.15) is 5.75 Å². The second-order valence-electron chi connectivity index (χ2n) is 4.42. The van der Waals surface area contributed by atoms with E-state index in [-0.39, 0.29) is 0 Å². The normalized spacial score (nSPS) is 18.7. The fourth-order valence-corrected chi connectivity index (χ4v) is 2.36. The molecule has 0 fully saturated rings. The van der Waals surface area contributed by atoms with E-state index in [0.29, 0.717) is 11.8 Å². The minimum absolute atomic E-state index is 0.377. The van der Waals surface area contributed by atoms with Crippen LogP contribution in [0.1, 0.15) is 36.4 Å². The summed E-state index contributed by atoms with van der Waals surface area (Å²) >= 11 is 0. The van der Waals surface area contributed by atoms with Gasteiger partial charge < -0.3 is 16.2 Å². The summed E-state index contributed by atoms with van der Waals surface area (Å²) in [6.07, 6.45) is 4.43. The maximum absolute atomic E-state index is 9.39. The Labute approximate surface area is 96.7 Å². The van der Waals surface area contributed by atoms with E-state index in [1.54, 1.807) is 6.07 Å². The number of nitrogens with two attached hydrogens (primary N) is 1. The molecule has 0 heterocycles. The predicted molar refractivity (Wildman–Crippen MR) is 65.5 cm³/mol. The lowest BCUT2D eigenvalue weighted by Gasteiger charge is -2.13. The zero-order chi connectivity index (χ0) is 11.4. The SMILES string of the molecule is NCCCCNC1CCc2cc(O)ccc21. The van der Waals surface area contributed by atoms with Crippen LogP contribution >= 0.6 is 0 Å². The van der Waals surface area contributed by atoms with Crippen LogP contribution in [-0.2, 0) is 6.42 Å². The summed E-state index contributed by atoms with van der Waals surface area (Å²) in [7, 11) is 0. The van der Waals surface area contributed by atoms with Crippen LogP contribution in [0.5, 0.6) is 5.75 Å². The zero-order valence-corrected chi connectivity index (χ0v) is 9.58. The summed E-state index contributed by atoms with van der Waals surface area (Å²) in [5.74, 6) is 0.377. The maximum atomic E-state index is 9.39. The van der Waals surface area contributed by atoms with Gasteiger partial charge >= 0.3 is 0 Å². The minimum atomic E-state index is 0.377. The number of phenols is 1. The van der Waals surface area contributed by atoms with Crippen molar-refractivity contribution in [1.29, 1.82) is 0 Å². The Balaban J connectivity index is 1.91. The summed E-state index contributed by atoms with van der Waals surface area (Å²) in [5.41, 5.74) is 8.10. The lowest BCUT2D eigenvalue weighted by Crippen LogP contribution is -2.21. The molecule has 0 aromatic heterocycles. The molecule has 1 aliphatic carbocycles. The van der Waals surface area contributed by atoms with Crippen molar-refractivity contribution in [2.75, 3.05) is 13.1 Å². The maximum Gasteiger partial charge on any atom is 0.115 e. The van der Waals surface area contributed by atoms with Gasteiger partial charge in [-0.2, -0.15) is 0 Å². The molecule has 88 valence electrons. The first-order chi connectivity index (χ1) is 7.81. The van der Waals surface area contributed by atoms with Crippen LogP contribution in [0.2, 0.25) is 0 Å². The molecule has 1 aromatic rings. The highest BCUT2D eigenvalue weighted by Gasteiger charge is 2.21. The fraction of sp³-hybridized carbons (Fsp3) is 0.538. The average molecular weight is 220 g/mol. The zero-order valence-electron chi connectivity index (χ0n) is 9.58. The van der Waals surface area contributed by atoms with E-state index in [4.69, 9.17) is 5.73 Å². The topological polar surface area (TPSA) is 58.3 Å². The molecular weight excluding hydrogens is 200 g/mol. The minimum Gasteiger partial charge on any atom is -0.508 e. The number of aromatic hydroxyl groups is 1. The first-order valence-electron chi connectivity index (χ1n) is 6.06. The van der Waals surface area contributed by atoms with Gasteiger partial charge in [-0.1, -0.05) is 6.07 Å². The van der Waals surface area contributed by atoms with Crippen molar-refractivity contribution in [2.45, 2.75) is 31.7 Å². The number of hydrogen-bond donors (Lipinski definition) is 3. The second-order valence-corrected chi connectivity index (χ2v) is 4.42. The number of fused-ring (bicyclic) bond motifs is 1. The summed E-state index contributed by atoms with van der Waals surface area (Å²) < 4.78 is 0. The van der Waals surface area contributed by atoms with Crippen molar-refractivity contribution >= 4 is 0 Å². The van der Waals surface area contributed by atoms with Crippen LogP contribution in [0, 0.1) is 0 Å². The molecule has 0 saturated carbocycles. The van der Waals surface area contributed by atoms with Crippen molar-refractivity contribution in [3.63, 3.8) is 0 Å². The molecule has 1 unspecified atom stereocenters. The Kier molecular flexibility index (Phi) is 3.80. The molecule has 0 amide bonds. The van der Waals surface area contributed by atoms with Gasteiger partial charge in [0.05, 0.1) is 0 Å². The first-order valence-corrected chi connectivity index (χ1v) is 6.06. The first kappa shape index (κ1) is 11.4. The molecule has 1 aromatic carbocycles. The Bertz CT molecular complexity index is 352. The predicted octanol–water partition coefficient (Wildman–Crippen LogP) is 1.71. The lowest BCUT2D eigenvalue weighted by atomic mass is 10.1. The largest absolute Gasteiger partial charge is 0.508 e. The Morgan fingerprint density at radius 2 is 2.25 bits per heavy atom. The molecule has 0 spiro atoms. The number of rotatable bonds is 5. The summed E-state index contributed by atoms with van der Waals surface area (Å²) in [4.78, 5) is 0. The van der Waals surface area contributed by atoms with Crippen LogP contribution in [0.4, 0.5) is 0 Å². The van der Waals surface area contributed by atoms with Crippen molar-refractivity contribution in [1.82, 2.24) is 5.32 Å². The van der Waals surface area contributed by atoms with Gasteiger partial charge in [-0.05, 0) is 62.0 Å². The number of nitrogens with one attached hydrogen (secondary N) is 1. The third kappa shape index (κ3) is 2.54. The van der Waals surface area contributed by atoms with E-state index in [9.17, 15) is 5.11 Å². The van der Waals surface area contributed by atoms with Crippen LogP contribution in [0.3, 0.4) is 0 Å². The van der Waals surface area contributed by atoms with Crippen LogP contribution in [-0.4, -0.2) is 18.2 Å². The van der Waals surface area contributed by atoms with E-state index >= 15 is 0 Å². The van der Waals surface area contributed by atoms with Gasteiger partial charge in [-0.3, -0.25) is 0 Å². The standard InChI is InChI=1S/C13H20N2O/c14-7-1-2-8-15-13-6-3-10-9-11(16)4-5-12(10)13/h4-5,9,13,15-16H,1-3,6-8,14H2. The highest BCUT2D eigenvalue weighted by Crippen LogP contribution is 2.33. The quantitative estimate of drug-likeness (QED) is 0.662. The van der Waals surface area contributed by atoms with Crippen molar-refractivity contribution in [2.24, 2.45) is 5.73 Å². The second kappa shape index (κ2) is 5.32. The molecule has 3 nitrogen and oxygen atoms in total. The molecule has 0 radical (unpaired) electrons. The molecule has 1 atom stereocenters. The highest BCUT2D eigenvalue weighted by atomic mass is 16.3. The van der Waals surface area contributed by atoms with E-state index in [1.165, 1.54) is 11.1 Å². The number of unbranched alkanes of at least 4 members (excludes halogenated alkanes) is 1. The van der Waals surface area contributed by atoms with Gasteiger partial charge in [-0.15, -0.1) is 0 Å². The number of aryl methyl sites for hydroxylation is 1. The van der Waals surface area contributed by atoms with Crippen LogP contribution in [0.15, 0.2) is 18.2 Å². The summed E-state index contributed by atoms with van der Waals surface area (Å²) in [6, 6.07) is 6.17. The molecule has 0 bridgehead atoms. The molecule has 2 rings (SSSR count). The number of benzene rings is 1. The molecule has 0 aliphatic heterocycles. The highest BCUT2D eigenvalue weighted by molar-refractivity contribution is 5.39. The van der Waals surface area contributed by atoms with Crippen molar-refractivity contribution < 1.29 is 5.11 Å². The molecule has 16 heavy (non-hydrogen) atoms. The average Bonchev–Trinajstić information content (AvgIpc) is 2.67.